The van der Waals surface area contributed by atoms with E-state index in [1.54, 1.807) is 0 Å². The van der Waals surface area contributed by atoms with Crippen LogP contribution in [0.25, 0.3) is 0 Å². The van der Waals surface area contributed by atoms with E-state index in [9.17, 15) is 38.9 Å². The Hall–Kier alpha value is 3.77. The molecule has 4 fully saturated rings. The maximum atomic E-state index is 10.3. The van der Waals surface area contributed by atoms with E-state index >= 15 is 0 Å². The number of rotatable bonds is 7. The van der Waals surface area contributed by atoms with E-state index < -0.39 is 30.4 Å². The summed E-state index contributed by atoms with van der Waals surface area (Å²) in [5.74, 6) is 2.82. The summed E-state index contributed by atoms with van der Waals surface area (Å²) in [5, 5.41) is 0. The number of hydrogen-bond donors (Lipinski definition) is 0. The molecule has 0 heterocycles. The van der Waals surface area contributed by atoms with Crippen molar-refractivity contribution in [3.8, 4) is 0 Å². The summed E-state index contributed by atoms with van der Waals surface area (Å²) in [6.07, 6.45) is 16.1. The van der Waals surface area contributed by atoms with Gasteiger partial charge in [0.2, 0.25) is 0 Å². The SMILES string of the molecule is CC1CCC(CS(=O)(=O)[O-])C1.CC1CCC(CS(=O)(=O)[O-])C1.CC1CCC(CS(=O)(=O)[O-])C1.CCC1CCCC1.[CH3-].[CH3-].[CH3-].[CH3-].[Fe+2].[Fe+2].[Na+].[Na+].[Na+]. The first-order valence-corrected chi connectivity index (χ1v) is 19.9. The first-order valence-electron chi connectivity index (χ1n) is 15.2. The van der Waals surface area contributed by atoms with Crippen LogP contribution in [0.3, 0.4) is 0 Å². The molecule has 284 valence electrons. The van der Waals surface area contributed by atoms with E-state index in [2.05, 4.69) is 27.7 Å². The van der Waals surface area contributed by atoms with Crippen molar-refractivity contribution in [1.29, 1.82) is 0 Å². The van der Waals surface area contributed by atoms with Crippen molar-refractivity contribution in [2.75, 3.05) is 17.3 Å². The summed E-state index contributed by atoms with van der Waals surface area (Å²) in [6, 6.07) is 0. The Balaban J connectivity index is -0.0000000591. The van der Waals surface area contributed by atoms with E-state index in [0.29, 0.717) is 17.8 Å². The van der Waals surface area contributed by atoms with Crippen molar-refractivity contribution in [3.05, 3.63) is 29.7 Å². The molecule has 4 aliphatic rings. The maximum absolute atomic E-state index is 10.3. The van der Waals surface area contributed by atoms with Crippen LogP contribution in [0, 0.1) is 71.1 Å². The average molecular weight is 871 g/mol. The molecule has 0 spiro atoms. The van der Waals surface area contributed by atoms with Crippen molar-refractivity contribution in [1.82, 2.24) is 0 Å². The van der Waals surface area contributed by atoms with Crippen molar-refractivity contribution < 1.29 is 162 Å². The van der Waals surface area contributed by atoms with Gasteiger partial charge in [0.1, 0.15) is 0 Å². The normalized spacial score (nSPS) is 25.3. The molecule has 0 bridgehead atoms. The van der Waals surface area contributed by atoms with Gasteiger partial charge in [0.15, 0.2) is 0 Å². The summed E-state index contributed by atoms with van der Waals surface area (Å²) in [5.41, 5.74) is 0. The van der Waals surface area contributed by atoms with E-state index in [1.165, 1.54) is 32.1 Å². The summed E-state index contributed by atoms with van der Waals surface area (Å²) in [4.78, 5) is 0. The number of hydrogen-bond acceptors (Lipinski definition) is 9. The zero-order chi connectivity index (χ0) is 30.6. The third kappa shape index (κ3) is 42.7. The molecule has 0 aliphatic heterocycles. The molecule has 6 atom stereocenters. The minimum Gasteiger partial charge on any atom is -0.748 e. The third-order valence-electron chi connectivity index (χ3n) is 8.78. The van der Waals surface area contributed by atoms with Crippen LogP contribution in [0.2, 0.25) is 0 Å². The van der Waals surface area contributed by atoms with Gasteiger partial charge in [-0.25, -0.2) is 25.3 Å². The van der Waals surface area contributed by atoms with Gasteiger partial charge in [0.05, 0.1) is 30.4 Å². The molecule has 6 unspecified atom stereocenters. The second-order valence-electron chi connectivity index (χ2n) is 13.1. The third-order valence-corrected chi connectivity index (χ3v) is 11.4. The molecular formula is C32H65Fe2Na3O9S3. The Kier molecular flexibility index (Phi) is 56.3. The molecular weight excluding hydrogens is 805 g/mol. The van der Waals surface area contributed by atoms with Crippen molar-refractivity contribution in [2.45, 2.75) is 118 Å². The van der Waals surface area contributed by atoms with Crippen LogP contribution >= 0.6 is 0 Å². The quantitative estimate of drug-likeness (QED) is 0.164. The van der Waals surface area contributed by atoms with Crippen molar-refractivity contribution >= 4 is 30.4 Å². The first kappa shape index (κ1) is 73.8. The van der Waals surface area contributed by atoms with Gasteiger partial charge in [-0.3, -0.25) is 0 Å². The second kappa shape index (κ2) is 37.4. The second-order valence-corrected chi connectivity index (χ2v) is 17.4. The van der Waals surface area contributed by atoms with Crippen LogP contribution in [0.1, 0.15) is 118 Å². The standard InChI is InChI=1S/3C7H14O3S.C7H14.4CH3.2Fe.3Na/c3*1-6-2-3-7(4-6)5-11(8,9)10;1-2-7-5-3-4-6-7;;;;;;;;;/h3*6-7H,2-5H2,1H3,(H,8,9,10);7H,2-6H2,1H3;4*1H3;;;;;/q;;;;4*-1;2*+2;3*+1/p-3. The van der Waals surface area contributed by atoms with Crippen LogP contribution in [-0.4, -0.2) is 56.2 Å². The van der Waals surface area contributed by atoms with Crippen LogP contribution in [0.15, 0.2) is 0 Å². The largest absolute Gasteiger partial charge is 2.00 e. The van der Waals surface area contributed by atoms with E-state index in [-0.39, 0.29) is 188 Å². The predicted molar refractivity (Wildman–Crippen MR) is 181 cm³/mol. The van der Waals surface area contributed by atoms with E-state index in [1.807, 2.05) is 0 Å². The van der Waals surface area contributed by atoms with Gasteiger partial charge in [0.25, 0.3) is 0 Å². The van der Waals surface area contributed by atoms with Gasteiger partial charge in [-0.1, -0.05) is 79.1 Å². The summed E-state index contributed by atoms with van der Waals surface area (Å²) < 4.78 is 93.0. The molecule has 0 amide bonds. The molecule has 0 aromatic rings. The van der Waals surface area contributed by atoms with Gasteiger partial charge < -0.3 is 43.4 Å². The van der Waals surface area contributed by atoms with E-state index in [4.69, 9.17) is 0 Å². The van der Waals surface area contributed by atoms with Crippen LogP contribution < -0.4 is 88.7 Å². The smallest absolute Gasteiger partial charge is 0.748 e. The predicted octanol–water partition coefficient (Wildman–Crippen LogP) is -1.70. The van der Waals surface area contributed by atoms with Crippen LogP contribution in [0.5, 0.6) is 0 Å². The monoisotopic (exact) mass is 870 g/mol. The Morgan fingerprint density at radius 3 is 0.796 bits per heavy atom. The van der Waals surface area contributed by atoms with Crippen LogP contribution in [0.4, 0.5) is 0 Å². The topological polar surface area (TPSA) is 172 Å². The minimum atomic E-state index is -3.98. The van der Waals surface area contributed by atoms with Gasteiger partial charge in [-0.05, 0) is 80.0 Å². The van der Waals surface area contributed by atoms with Crippen molar-refractivity contribution in [3.63, 3.8) is 0 Å². The molecule has 0 aromatic heterocycles. The zero-order valence-corrected chi connectivity index (χ0v) is 43.3. The van der Waals surface area contributed by atoms with Gasteiger partial charge in [0, 0.05) is 17.3 Å². The maximum Gasteiger partial charge on any atom is 2.00 e. The average Bonchev–Trinajstić information content (AvgIpc) is 3.58. The molecule has 0 radical (unpaired) electrons. The Morgan fingerprint density at radius 2 is 0.673 bits per heavy atom. The fourth-order valence-electron chi connectivity index (χ4n) is 6.71. The fourth-order valence-corrected chi connectivity index (χ4v) is 9.35. The summed E-state index contributed by atoms with van der Waals surface area (Å²) in [6.45, 7) is 8.59. The molecule has 17 heteroatoms. The molecule has 0 N–H and O–H groups in total. The molecule has 0 aromatic carbocycles. The summed E-state index contributed by atoms with van der Waals surface area (Å²) in [7, 11) is -11.9. The van der Waals surface area contributed by atoms with Crippen molar-refractivity contribution in [2.24, 2.45) is 41.4 Å². The molecule has 49 heavy (non-hydrogen) atoms. The van der Waals surface area contributed by atoms with Gasteiger partial charge in [-0.15, -0.1) is 0 Å². The molecule has 4 rings (SSSR count). The fraction of sp³-hybridized carbons (Fsp3) is 0.875. The molecule has 4 saturated carbocycles. The summed E-state index contributed by atoms with van der Waals surface area (Å²) >= 11 is 0. The molecule has 0 saturated heterocycles. The van der Waals surface area contributed by atoms with E-state index in [0.717, 1.165) is 63.7 Å². The Labute approximate surface area is 392 Å². The Morgan fingerprint density at radius 1 is 0.449 bits per heavy atom. The molecule has 9 nitrogen and oxygen atoms in total. The molecule has 4 aliphatic carbocycles. The first-order chi connectivity index (χ1) is 18.3. The zero-order valence-electron chi connectivity index (χ0n) is 32.7. The van der Waals surface area contributed by atoms with Gasteiger partial charge in [-0.2, -0.15) is 0 Å². The van der Waals surface area contributed by atoms with Crippen LogP contribution in [-0.2, 0) is 64.5 Å². The van der Waals surface area contributed by atoms with Gasteiger partial charge >= 0.3 is 123 Å². The Bertz CT molecular complexity index is 930. The minimum absolute atomic E-state index is 0.